The van der Waals surface area contributed by atoms with Crippen LogP contribution in [0.3, 0.4) is 0 Å². The first-order valence-electron chi connectivity index (χ1n) is 10.1. The van der Waals surface area contributed by atoms with Gasteiger partial charge < -0.3 is 15.0 Å². The average molecular weight is 429 g/mol. The van der Waals surface area contributed by atoms with Gasteiger partial charge in [-0.2, -0.15) is 0 Å². The molecule has 0 atom stereocenters. The highest BCUT2D eigenvalue weighted by Crippen LogP contribution is 2.39. The Hall–Kier alpha value is -3.51. The van der Waals surface area contributed by atoms with Crippen molar-refractivity contribution in [3.8, 4) is 5.88 Å². The Kier molecular flexibility index (Phi) is 5.82. The van der Waals surface area contributed by atoms with Gasteiger partial charge in [0.1, 0.15) is 0 Å². The van der Waals surface area contributed by atoms with Gasteiger partial charge in [0.2, 0.25) is 11.0 Å². The molecule has 0 aliphatic heterocycles. The molecule has 0 aliphatic rings. The van der Waals surface area contributed by atoms with E-state index in [0.29, 0.717) is 12.2 Å². The second kappa shape index (κ2) is 8.70. The summed E-state index contributed by atoms with van der Waals surface area (Å²) in [7, 11) is 0. The van der Waals surface area contributed by atoms with E-state index in [4.69, 9.17) is 12.2 Å². The van der Waals surface area contributed by atoms with E-state index in [1.165, 1.54) is 16.7 Å². The quantitative estimate of drug-likeness (QED) is 0.277. The molecule has 0 unspecified atom stereocenters. The van der Waals surface area contributed by atoms with Crippen molar-refractivity contribution in [1.82, 2.24) is 4.57 Å². The van der Waals surface area contributed by atoms with Gasteiger partial charge in [-0.1, -0.05) is 59.7 Å². The minimum atomic E-state index is 0.0731. The van der Waals surface area contributed by atoms with E-state index in [0.717, 1.165) is 22.2 Å². The Labute approximate surface area is 187 Å². The molecule has 156 valence electrons. The number of aromatic nitrogens is 1. The van der Waals surface area contributed by atoms with Crippen molar-refractivity contribution in [2.45, 2.75) is 27.3 Å². The normalized spacial score (nSPS) is 11.3. The Bertz CT molecular complexity index is 1290. The number of nitrogens with one attached hydrogen (secondary N) is 1. The third kappa shape index (κ3) is 4.49. The highest BCUT2D eigenvalue weighted by Gasteiger charge is 2.17. The molecular weight excluding hydrogens is 404 g/mol. The van der Waals surface area contributed by atoms with Gasteiger partial charge in [0, 0.05) is 11.1 Å². The number of aryl methyl sites for hydroxylation is 3. The third-order valence-corrected chi connectivity index (χ3v) is 5.48. The van der Waals surface area contributed by atoms with Crippen molar-refractivity contribution in [1.29, 1.82) is 0 Å². The van der Waals surface area contributed by atoms with Crippen molar-refractivity contribution in [3.05, 3.63) is 89.0 Å². The maximum atomic E-state index is 11.0. The molecular formula is C25H24N4OS. The molecule has 4 rings (SSSR count). The number of nitrogens with zero attached hydrogens (tertiary/aromatic N) is 3. The lowest BCUT2D eigenvalue weighted by molar-refractivity contribution is 0.429. The number of hydrogen-bond acceptors (Lipinski definition) is 3. The molecule has 0 radical (unpaired) electrons. The standard InChI is InChI=1S/C25H24N4OS/c1-16-9-12-20(13-10-16)26-25(31)28-27-23-21-6-4-5-7-22(21)29(24(23)30)15-19-14-17(2)8-11-18(19)3/h4-14,30H,15H2,1-3H3,(H,26,31). The van der Waals surface area contributed by atoms with Crippen LogP contribution >= 0.6 is 12.2 Å². The number of benzene rings is 3. The van der Waals surface area contributed by atoms with Crippen LogP contribution in [0.25, 0.3) is 10.9 Å². The Morgan fingerprint density at radius 3 is 2.45 bits per heavy atom. The molecule has 0 saturated heterocycles. The van der Waals surface area contributed by atoms with Crippen molar-refractivity contribution >= 4 is 39.6 Å². The third-order valence-electron chi connectivity index (χ3n) is 5.29. The first-order chi connectivity index (χ1) is 14.9. The molecule has 0 bridgehead atoms. The summed E-state index contributed by atoms with van der Waals surface area (Å²) in [6.07, 6.45) is 0. The SMILES string of the molecule is Cc1ccc(NC(=S)N=Nc2c(O)n(Cc3cc(C)ccc3C)c3ccccc23)cc1. The second-order valence-electron chi connectivity index (χ2n) is 7.70. The number of para-hydroxylation sites is 1. The van der Waals surface area contributed by atoms with Gasteiger partial charge in [-0.05, 0) is 62.3 Å². The summed E-state index contributed by atoms with van der Waals surface area (Å²) in [6, 6.07) is 22.0. The van der Waals surface area contributed by atoms with Crippen molar-refractivity contribution < 1.29 is 5.11 Å². The number of fused-ring (bicyclic) bond motifs is 1. The molecule has 5 nitrogen and oxygen atoms in total. The van der Waals surface area contributed by atoms with Crippen LogP contribution < -0.4 is 5.32 Å². The molecule has 0 aliphatic carbocycles. The highest BCUT2D eigenvalue weighted by molar-refractivity contribution is 7.80. The first-order valence-corrected chi connectivity index (χ1v) is 10.5. The molecule has 31 heavy (non-hydrogen) atoms. The molecule has 0 amide bonds. The molecule has 0 fully saturated rings. The molecule has 0 spiro atoms. The van der Waals surface area contributed by atoms with Gasteiger partial charge in [0.05, 0.1) is 12.1 Å². The van der Waals surface area contributed by atoms with Crippen LogP contribution in [0.2, 0.25) is 0 Å². The predicted molar refractivity (Wildman–Crippen MR) is 131 cm³/mol. The molecule has 1 heterocycles. The summed E-state index contributed by atoms with van der Waals surface area (Å²) < 4.78 is 1.86. The number of anilines is 1. The monoisotopic (exact) mass is 428 g/mol. The number of azo groups is 1. The van der Waals surface area contributed by atoms with E-state index in [1.54, 1.807) is 0 Å². The molecule has 2 N–H and O–H groups in total. The first kappa shape index (κ1) is 20.8. The summed E-state index contributed by atoms with van der Waals surface area (Å²) in [5.41, 5.74) is 6.83. The topological polar surface area (TPSA) is 61.9 Å². The Morgan fingerprint density at radius 2 is 1.68 bits per heavy atom. The lowest BCUT2D eigenvalue weighted by Crippen LogP contribution is -2.04. The van der Waals surface area contributed by atoms with E-state index in [9.17, 15) is 5.11 Å². The van der Waals surface area contributed by atoms with Gasteiger partial charge in [-0.15, -0.1) is 10.2 Å². The predicted octanol–water partition coefficient (Wildman–Crippen LogP) is 6.80. The number of aromatic hydroxyl groups is 1. The van der Waals surface area contributed by atoms with Gasteiger partial charge in [0.15, 0.2) is 5.69 Å². The molecule has 6 heteroatoms. The van der Waals surface area contributed by atoms with Gasteiger partial charge in [-0.3, -0.25) is 0 Å². The van der Waals surface area contributed by atoms with E-state index < -0.39 is 0 Å². The van der Waals surface area contributed by atoms with E-state index in [2.05, 4.69) is 47.6 Å². The van der Waals surface area contributed by atoms with Crippen LogP contribution in [-0.4, -0.2) is 14.8 Å². The molecule has 3 aromatic carbocycles. The highest BCUT2D eigenvalue weighted by atomic mass is 32.1. The largest absolute Gasteiger partial charge is 0.493 e. The number of rotatable bonds is 4. The zero-order valence-corrected chi connectivity index (χ0v) is 18.6. The van der Waals surface area contributed by atoms with Crippen molar-refractivity contribution in [2.24, 2.45) is 10.2 Å². The van der Waals surface area contributed by atoms with Gasteiger partial charge in [-0.25, -0.2) is 0 Å². The fourth-order valence-electron chi connectivity index (χ4n) is 3.55. The Balaban J connectivity index is 1.66. The van der Waals surface area contributed by atoms with E-state index in [-0.39, 0.29) is 11.0 Å². The number of thiocarbonyl (C=S) groups is 1. The Morgan fingerprint density at radius 1 is 0.968 bits per heavy atom. The average Bonchev–Trinajstić information content (AvgIpc) is 3.02. The van der Waals surface area contributed by atoms with Crippen molar-refractivity contribution in [2.75, 3.05) is 5.32 Å². The maximum absolute atomic E-state index is 11.0. The smallest absolute Gasteiger partial charge is 0.221 e. The van der Waals surface area contributed by atoms with Crippen LogP contribution in [-0.2, 0) is 6.54 Å². The van der Waals surface area contributed by atoms with Crippen molar-refractivity contribution in [3.63, 3.8) is 0 Å². The summed E-state index contributed by atoms with van der Waals surface area (Å²) in [6.45, 7) is 6.71. The summed E-state index contributed by atoms with van der Waals surface area (Å²) in [4.78, 5) is 0. The van der Waals surface area contributed by atoms with Crippen LogP contribution in [0.5, 0.6) is 5.88 Å². The van der Waals surface area contributed by atoms with Gasteiger partial charge in [0.25, 0.3) is 0 Å². The summed E-state index contributed by atoms with van der Waals surface area (Å²) in [5.74, 6) is 0.0731. The zero-order chi connectivity index (χ0) is 22.0. The zero-order valence-electron chi connectivity index (χ0n) is 17.8. The van der Waals surface area contributed by atoms with Crippen LogP contribution in [0.15, 0.2) is 77.0 Å². The maximum Gasteiger partial charge on any atom is 0.221 e. The molecule has 0 saturated carbocycles. The minimum Gasteiger partial charge on any atom is -0.493 e. The lowest BCUT2D eigenvalue weighted by Gasteiger charge is -2.11. The van der Waals surface area contributed by atoms with Gasteiger partial charge >= 0.3 is 0 Å². The fourth-order valence-corrected chi connectivity index (χ4v) is 3.71. The lowest BCUT2D eigenvalue weighted by atomic mass is 10.1. The minimum absolute atomic E-state index is 0.0731. The van der Waals surface area contributed by atoms with E-state index in [1.807, 2.05) is 60.0 Å². The van der Waals surface area contributed by atoms with Crippen LogP contribution in [0.4, 0.5) is 11.4 Å². The molecule has 4 aromatic rings. The fraction of sp³-hybridized carbons (Fsp3) is 0.160. The van der Waals surface area contributed by atoms with Crippen LogP contribution in [0, 0.1) is 20.8 Å². The number of hydrogen-bond donors (Lipinski definition) is 2. The van der Waals surface area contributed by atoms with E-state index >= 15 is 0 Å². The molecule has 1 aromatic heterocycles. The summed E-state index contributed by atoms with van der Waals surface area (Å²) in [5, 5.41) is 23.6. The second-order valence-corrected chi connectivity index (χ2v) is 8.09. The van der Waals surface area contributed by atoms with Crippen LogP contribution in [0.1, 0.15) is 22.3 Å². The summed E-state index contributed by atoms with van der Waals surface area (Å²) >= 11 is 5.32.